The highest BCUT2D eigenvalue weighted by atomic mass is 16.7. The molecule has 16 heavy (non-hydrogen) atoms. The second kappa shape index (κ2) is 5.13. The van der Waals surface area contributed by atoms with E-state index in [4.69, 9.17) is 14.9 Å². The molecule has 0 aliphatic rings. The van der Waals surface area contributed by atoms with Gasteiger partial charge in [-0.2, -0.15) is 0 Å². The molecule has 0 aromatic heterocycles. The Kier molecular flexibility index (Phi) is 3.84. The van der Waals surface area contributed by atoms with E-state index < -0.39 is 11.9 Å². The molecule has 0 aliphatic heterocycles. The molecule has 0 saturated heterocycles. The predicted octanol–water partition coefficient (Wildman–Crippen LogP) is 1.07. The van der Waals surface area contributed by atoms with Crippen molar-refractivity contribution >= 4 is 11.9 Å². The number of benzene rings is 1. The lowest BCUT2D eigenvalue weighted by molar-refractivity contribution is 0.0506. The van der Waals surface area contributed by atoms with Crippen molar-refractivity contribution in [3.05, 3.63) is 29.3 Å². The highest BCUT2D eigenvalue weighted by Gasteiger charge is 2.16. The Bertz CT molecular complexity index is 412. The first-order chi connectivity index (χ1) is 7.56. The van der Waals surface area contributed by atoms with Crippen LogP contribution in [-0.2, 0) is 4.74 Å². The summed E-state index contributed by atoms with van der Waals surface area (Å²) in [4.78, 5) is 21.5. The summed E-state index contributed by atoms with van der Waals surface area (Å²) in [5.74, 6) is -2.37. The van der Waals surface area contributed by atoms with Crippen LogP contribution in [0.5, 0.6) is 5.75 Å². The minimum absolute atomic E-state index is 0.0362. The maximum absolute atomic E-state index is 10.8. The van der Waals surface area contributed by atoms with Gasteiger partial charge in [0.15, 0.2) is 6.79 Å². The minimum atomic E-state index is -1.32. The Labute approximate surface area is 91.0 Å². The van der Waals surface area contributed by atoms with Gasteiger partial charge in [-0.1, -0.05) is 0 Å². The summed E-state index contributed by atoms with van der Waals surface area (Å²) < 4.78 is 9.64. The molecule has 1 aromatic rings. The van der Waals surface area contributed by atoms with E-state index in [1.165, 1.54) is 19.2 Å². The minimum Gasteiger partial charge on any atom is -0.478 e. The topological polar surface area (TPSA) is 93.1 Å². The van der Waals surface area contributed by atoms with Crippen molar-refractivity contribution in [1.29, 1.82) is 0 Å². The second-order valence-electron chi connectivity index (χ2n) is 2.87. The Morgan fingerprint density at radius 2 is 1.81 bits per heavy atom. The van der Waals surface area contributed by atoms with Crippen molar-refractivity contribution < 1.29 is 29.3 Å². The standard InChI is InChI=1S/C10H10O6/c1-15-5-16-6-2-3-7(9(11)12)8(4-6)10(13)14/h2-4H,5H2,1H3,(H,11,12)(H,13,14). The van der Waals surface area contributed by atoms with Crippen LogP contribution < -0.4 is 4.74 Å². The third kappa shape index (κ3) is 2.71. The molecular weight excluding hydrogens is 216 g/mol. The zero-order chi connectivity index (χ0) is 12.1. The summed E-state index contributed by atoms with van der Waals surface area (Å²) in [5.41, 5.74) is -0.599. The van der Waals surface area contributed by atoms with E-state index >= 15 is 0 Å². The van der Waals surface area contributed by atoms with Crippen LogP contribution in [0.2, 0.25) is 0 Å². The van der Waals surface area contributed by atoms with Crippen LogP contribution in [0.3, 0.4) is 0 Å². The third-order valence-electron chi connectivity index (χ3n) is 1.80. The Hall–Kier alpha value is -2.08. The van der Waals surface area contributed by atoms with E-state index in [1.807, 2.05) is 0 Å². The zero-order valence-corrected chi connectivity index (χ0v) is 8.47. The lowest BCUT2D eigenvalue weighted by Gasteiger charge is -2.07. The molecule has 6 nitrogen and oxygen atoms in total. The van der Waals surface area contributed by atoms with Gasteiger partial charge in [-0.05, 0) is 18.2 Å². The van der Waals surface area contributed by atoms with Crippen LogP contribution >= 0.6 is 0 Å². The zero-order valence-electron chi connectivity index (χ0n) is 8.47. The molecule has 0 heterocycles. The van der Waals surface area contributed by atoms with Gasteiger partial charge in [0.1, 0.15) is 5.75 Å². The van der Waals surface area contributed by atoms with Crippen LogP contribution in [0.15, 0.2) is 18.2 Å². The van der Waals surface area contributed by atoms with Crippen LogP contribution in [0.4, 0.5) is 0 Å². The fraction of sp³-hybridized carbons (Fsp3) is 0.200. The monoisotopic (exact) mass is 226 g/mol. The molecule has 1 aromatic carbocycles. The van der Waals surface area contributed by atoms with Gasteiger partial charge in [-0.15, -0.1) is 0 Å². The first-order valence-electron chi connectivity index (χ1n) is 4.28. The van der Waals surface area contributed by atoms with Crippen molar-refractivity contribution in [1.82, 2.24) is 0 Å². The molecule has 1 rings (SSSR count). The number of ether oxygens (including phenoxy) is 2. The van der Waals surface area contributed by atoms with E-state index in [1.54, 1.807) is 0 Å². The Balaban J connectivity index is 3.07. The number of carbonyl (C=O) groups is 2. The number of carboxylic acids is 2. The molecule has 2 N–H and O–H groups in total. The lowest BCUT2D eigenvalue weighted by Crippen LogP contribution is -2.09. The summed E-state index contributed by atoms with van der Waals surface area (Å²) >= 11 is 0. The summed E-state index contributed by atoms with van der Waals surface area (Å²) in [6.45, 7) is -0.0362. The SMILES string of the molecule is COCOc1ccc(C(=O)O)c(C(=O)O)c1. The molecule has 0 radical (unpaired) electrons. The quantitative estimate of drug-likeness (QED) is 0.729. The lowest BCUT2D eigenvalue weighted by atomic mass is 10.1. The van der Waals surface area contributed by atoms with E-state index in [0.717, 1.165) is 6.07 Å². The first-order valence-corrected chi connectivity index (χ1v) is 4.28. The van der Waals surface area contributed by atoms with Gasteiger partial charge < -0.3 is 19.7 Å². The number of hydrogen-bond acceptors (Lipinski definition) is 4. The van der Waals surface area contributed by atoms with Gasteiger partial charge in [-0.3, -0.25) is 0 Å². The average Bonchev–Trinajstić information content (AvgIpc) is 2.25. The van der Waals surface area contributed by atoms with Gasteiger partial charge in [0.2, 0.25) is 0 Å². The van der Waals surface area contributed by atoms with Crippen molar-refractivity contribution in [2.45, 2.75) is 0 Å². The summed E-state index contributed by atoms with van der Waals surface area (Å²) in [6.07, 6.45) is 0. The van der Waals surface area contributed by atoms with Crippen LogP contribution in [-0.4, -0.2) is 36.1 Å². The highest BCUT2D eigenvalue weighted by molar-refractivity contribution is 6.01. The van der Waals surface area contributed by atoms with Gasteiger partial charge in [0.25, 0.3) is 0 Å². The molecule has 0 bridgehead atoms. The average molecular weight is 226 g/mol. The molecule has 6 heteroatoms. The molecule has 0 fully saturated rings. The molecule has 0 saturated carbocycles. The second-order valence-corrected chi connectivity index (χ2v) is 2.87. The summed E-state index contributed by atoms with van der Waals surface area (Å²) in [7, 11) is 1.42. The molecule has 0 unspecified atom stereocenters. The highest BCUT2D eigenvalue weighted by Crippen LogP contribution is 2.18. The maximum Gasteiger partial charge on any atom is 0.336 e. The summed E-state index contributed by atoms with van der Waals surface area (Å²) in [6, 6.07) is 3.69. The predicted molar refractivity (Wildman–Crippen MR) is 52.9 cm³/mol. The van der Waals surface area contributed by atoms with Crippen LogP contribution in [0, 0.1) is 0 Å². The summed E-state index contributed by atoms with van der Waals surface area (Å²) in [5, 5.41) is 17.6. The molecular formula is C10H10O6. The number of carboxylic acid groups (broad SMARTS) is 2. The van der Waals surface area contributed by atoms with Crippen molar-refractivity contribution in [2.24, 2.45) is 0 Å². The van der Waals surface area contributed by atoms with Crippen LogP contribution in [0.1, 0.15) is 20.7 Å². The van der Waals surface area contributed by atoms with Crippen molar-refractivity contribution in [2.75, 3.05) is 13.9 Å². The van der Waals surface area contributed by atoms with Gasteiger partial charge in [-0.25, -0.2) is 9.59 Å². The Morgan fingerprint density at radius 3 is 2.31 bits per heavy atom. The number of methoxy groups -OCH3 is 1. The number of aromatic carboxylic acids is 2. The van der Waals surface area contributed by atoms with Crippen LogP contribution in [0.25, 0.3) is 0 Å². The van der Waals surface area contributed by atoms with E-state index in [0.29, 0.717) is 0 Å². The molecule has 0 spiro atoms. The number of hydrogen-bond donors (Lipinski definition) is 2. The van der Waals surface area contributed by atoms with E-state index in [-0.39, 0.29) is 23.7 Å². The van der Waals surface area contributed by atoms with Crippen molar-refractivity contribution in [3.8, 4) is 5.75 Å². The maximum atomic E-state index is 10.8. The van der Waals surface area contributed by atoms with Crippen molar-refractivity contribution in [3.63, 3.8) is 0 Å². The third-order valence-corrected chi connectivity index (χ3v) is 1.80. The first kappa shape index (κ1) is 12.0. The van der Waals surface area contributed by atoms with Gasteiger partial charge in [0, 0.05) is 7.11 Å². The normalized spacial score (nSPS) is 9.81. The fourth-order valence-corrected chi connectivity index (χ4v) is 1.10. The Morgan fingerprint density at radius 1 is 1.19 bits per heavy atom. The van der Waals surface area contributed by atoms with Gasteiger partial charge in [0.05, 0.1) is 11.1 Å². The molecule has 0 aliphatic carbocycles. The molecule has 86 valence electrons. The molecule has 0 amide bonds. The largest absolute Gasteiger partial charge is 0.478 e. The fourth-order valence-electron chi connectivity index (χ4n) is 1.10. The molecule has 0 atom stereocenters. The van der Waals surface area contributed by atoms with E-state index in [9.17, 15) is 9.59 Å². The smallest absolute Gasteiger partial charge is 0.336 e. The number of rotatable bonds is 5. The van der Waals surface area contributed by atoms with E-state index in [2.05, 4.69) is 4.74 Å². The van der Waals surface area contributed by atoms with Gasteiger partial charge >= 0.3 is 11.9 Å².